The molecule has 1 N–H and O–H groups in total. The van der Waals surface area contributed by atoms with Gasteiger partial charge in [-0.3, -0.25) is 4.57 Å². The van der Waals surface area contributed by atoms with E-state index in [0.717, 1.165) is 23.4 Å². The van der Waals surface area contributed by atoms with Crippen LogP contribution in [0, 0.1) is 0 Å². The first-order chi connectivity index (χ1) is 9.96. The minimum atomic E-state index is -3.65. The van der Waals surface area contributed by atoms with E-state index in [2.05, 4.69) is 19.1 Å². The molecular weight excluding hydrogens is 323 g/mol. The van der Waals surface area contributed by atoms with Crippen molar-refractivity contribution in [3.8, 4) is 0 Å². The summed E-state index contributed by atoms with van der Waals surface area (Å²) in [5, 5.41) is -0.102. The zero-order valence-electron chi connectivity index (χ0n) is 11.7. The SMILES string of the molecule is C[C@H](C[C@@H](SP(=O)(O)Cl)c1ccccc1)c1ccccc1. The lowest BCUT2D eigenvalue weighted by Gasteiger charge is -2.21. The maximum Gasteiger partial charge on any atom is 0.344 e. The molecule has 0 spiro atoms. The van der Waals surface area contributed by atoms with E-state index >= 15 is 0 Å². The number of hydrogen-bond donors (Lipinski definition) is 1. The van der Waals surface area contributed by atoms with Gasteiger partial charge in [-0.25, -0.2) is 0 Å². The molecule has 0 aliphatic heterocycles. The van der Waals surface area contributed by atoms with E-state index in [-0.39, 0.29) is 11.2 Å². The summed E-state index contributed by atoms with van der Waals surface area (Å²) >= 11 is 6.54. The molecule has 0 radical (unpaired) electrons. The average Bonchev–Trinajstić information content (AvgIpc) is 2.47. The zero-order chi connectivity index (χ0) is 15.3. The molecule has 0 saturated heterocycles. The third-order valence-electron chi connectivity index (χ3n) is 3.36. The lowest BCUT2D eigenvalue weighted by atomic mass is 9.94. The Labute approximate surface area is 134 Å². The first-order valence-electron chi connectivity index (χ1n) is 6.76. The molecule has 0 fully saturated rings. The van der Waals surface area contributed by atoms with Crippen molar-refractivity contribution in [3.05, 3.63) is 71.8 Å². The van der Waals surface area contributed by atoms with Gasteiger partial charge < -0.3 is 4.89 Å². The minimum Gasteiger partial charge on any atom is -0.326 e. The van der Waals surface area contributed by atoms with Gasteiger partial charge in [-0.1, -0.05) is 67.6 Å². The highest BCUT2D eigenvalue weighted by Crippen LogP contribution is 2.66. The summed E-state index contributed by atoms with van der Waals surface area (Å²) < 4.78 is 11.6. The van der Waals surface area contributed by atoms with Gasteiger partial charge in [0.15, 0.2) is 0 Å². The lowest BCUT2D eigenvalue weighted by Crippen LogP contribution is -2.01. The molecule has 2 aromatic rings. The second kappa shape index (κ2) is 7.51. The lowest BCUT2D eigenvalue weighted by molar-refractivity contribution is 0.512. The van der Waals surface area contributed by atoms with E-state index in [0.29, 0.717) is 0 Å². The van der Waals surface area contributed by atoms with Gasteiger partial charge in [0.1, 0.15) is 0 Å². The minimum absolute atomic E-state index is 0.102. The molecule has 0 aliphatic carbocycles. The third-order valence-corrected chi connectivity index (χ3v) is 6.60. The summed E-state index contributed by atoms with van der Waals surface area (Å²) in [4.78, 5) is 9.52. The molecule has 0 bridgehead atoms. The molecule has 112 valence electrons. The van der Waals surface area contributed by atoms with E-state index < -0.39 is 5.92 Å². The summed E-state index contributed by atoms with van der Waals surface area (Å²) in [6.07, 6.45) is 0.760. The number of benzene rings is 2. The Bertz CT molecular complexity index is 600. The number of hydrogen-bond acceptors (Lipinski definition) is 2. The molecular formula is C16H18ClO2PS. The Kier molecular flexibility index (Phi) is 5.95. The zero-order valence-corrected chi connectivity index (χ0v) is 14.2. The molecule has 0 aliphatic rings. The normalized spacial score (nSPS) is 16.9. The third kappa shape index (κ3) is 5.52. The highest BCUT2D eigenvalue weighted by atomic mass is 35.7. The Balaban J connectivity index is 2.18. The van der Waals surface area contributed by atoms with Gasteiger partial charge in [0, 0.05) is 5.25 Å². The topological polar surface area (TPSA) is 37.3 Å². The second-order valence-corrected chi connectivity index (χ2v) is 10.8. The van der Waals surface area contributed by atoms with Gasteiger partial charge in [0.2, 0.25) is 0 Å². The van der Waals surface area contributed by atoms with Crippen molar-refractivity contribution in [1.82, 2.24) is 0 Å². The van der Waals surface area contributed by atoms with Gasteiger partial charge in [-0.15, -0.1) is 0 Å². The standard InChI is InChI=1S/C16H18ClO2PS/c1-13(14-8-4-2-5-9-14)12-16(21-20(17,18)19)15-10-6-3-7-11-15/h2-11,13,16H,12H2,1H3,(H,18,19)/t13-,16-/m1/s1. The fraction of sp³-hybridized carbons (Fsp3) is 0.250. The van der Waals surface area contributed by atoms with Crippen LogP contribution in [0.25, 0.3) is 0 Å². The van der Waals surface area contributed by atoms with Crippen LogP contribution in [0.1, 0.15) is 35.6 Å². The van der Waals surface area contributed by atoms with Crippen LogP contribution in [0.2, 0.25) is 0 Å². The molecule has 0 heterocycles. The Morgan fingerprint density at radius 3 is 2.00 bits per heavy atom. The molecule has 21 heavy (non-hydrogen) atoms. The Hall–Kier alpha value is -0.730. The monoisotopic (exact) mass is 340 g/mol. The number of halogens is 1. The second-order valence-electron chi connectivity index (χ2n) is 5.00. The molecule has 2 rings (SSSR count). The van der Waals surface area contributed by atoms with E-state index in [1.165, 1.54) is 5.56 Å². The van der Waals surface area contributed by atoms with Crippen molar-refractivity contribution in [2.75, 3.05) is 0 Å². The van der Waals surface area contributed by atoms with Gasteiger partial charge in [-0.2, -0.15) is 0 Å². The van der Waals surface area contributed by atoms with E-state index in [9.17, 15) is 9.46 Å². The molecule has 1 unspecified atom stereocenters. The largest absolute Gasteiger partial charge is 0.344 e. The quantitative estimate of drug-likeness (QED) is 0.656. The van der Waals surface area contributed by atoms with E-state index in [1.807, 2.05) is 48.5 Å². The summed E-state index contributed by atoms with van der Waals surface area (Å²) in [6.45, 7) is 2.13. The van der Waals surface area contributed by atoms with Gasteiger partial charge in [0.05, 0.1) is 0 Å². The van der Waals surface area contributed by atoms with Gasteiger partial charge in [0.25, 0.3) is 0 Å². The van der Waals surface area contributed by atoms with Crippen LogP contribution in [0.5, 0.6) is 0 Å². The highest BCUT2D eigenvalue weighted by molar-refractivity contribution is 8.63. The first-order valence-corrected chi connectivity index (χ1v) is 10.8. The van der Waals surface area contributed by atoms with Crippen LogP contribution in [-0.2, 0) is 4.57 Å². The molecule has 2 aromatic carbocycles. The molecule has 2 nitrogen and oxygen atoms in total. The molecule has 3 atom stereocenters. The highest BCUT2D eigenvalue weighted by Gasteiger charge is 2.25. The fourth-order valence-corrected chi connectivity index (χ4v) is 5.70. The van der Waals surface area contributed by atoms with Gasteiger partial charge >= 0.3 is 5.92 Å². The first kappa shape index (κ1) is 16.6. The molecule has 0 amide bonds. The van der Waals surface area contributed by atoms with Crippen LogP contribution >= 0.6 is 28.5 Å². The predicted octanol–water partition coefficient (Wildman–Crippen LogP) is 5.99. The van der Waals surface area contributed by atoms with Crippen LogP contribution in [0.15, 0.2) is 60.7 Å². The summed E-state index contributed by atoms with van der Waals surface area (Å²) in [7, 11) is 0. The van der Waals surface area contributed by atoms with E-state index in [4.69, 9.17) is 11.2 Å². The van der Waals surface area contributed by atoms with Crippen molar-refractivity contribution >= 4 is 28.5 Å². The van der Waals surface area contributed by atoms with Crippen LogP contribution in [0.4, 0.5) is 0 Å². The fourth-order valence-electron chi connectivity index (χ4n) is 2.30. The van der Waals surface area contributed by atoms with Gasteiger partial charge in [-0.05, 0) is 46.1 Å². The predicted molar refractivity (Wildman–Crippen MR) is 91.9 cm³/mol. The van der Waals surface area contributed by atoms with Crippen molar-refractivity contribution in [1.29, 1.82) is 0 Å². The number of rotatable bonds is 6. The summed E-state index contributed by atoms with van der Waals surface area (Å²) in [5.41, 5.74) is 2.25. The molecule has 5 heteroatoms. The Morgan fingerprint density at radius 2 is 1.52 bits per heavy atom. The van der Waals surface area contributed by atoms with Crippen molar-refractivity contribution < 1.29 is 9.46 Å². The van der Waals surface area contributed by atoms with Crippen molar-refractivity contribution in [2.24, 2.45) is 0 Å². The smallest absolute Gasteiger partial charge is 0.326 e. The van der Waals surface area contributed by atoms with Crippen LogP contribution in [-0.4, -0.2) is 4.89 Å². The maximum atomic E-state index is 11.6. The average molecular weight is 341 g/mol. The van der Waals surface area contributed by atoms with Crippen LogP contribution < -0.4 is 0 Å². The van der Waals surface area contributed by atoms with E-state index in [1.54, 1.807) is 0 Å². The molecule has 0 aromatic heterocycles. The van der Waals surface area contributed by atoms with Crippen molar-refractivity contribution in [2.45, 2.75) is 24.5 Å². The summed E-state index contributed by atoms with van der Waals surface area (Å²) in [5.74, 6) is -3.36. The summed E-state index contributed by atoms with van der Waals surface area (Å²) in [6, 6.07) is 19.9. The van der Waals surface area contributed by atoms with Crippen LogP contribution in [0.3, 0.4) is 0 Å². The van der Waals surface area contributed by atoms with Crippen molar-refractivity contribution in [3.63, 3.8) is 0 Å². The maximum absolute atomic E-state index is 11.6. The Morgan fingerprint density at radius 1 is 1.05 bits per heavy atom. The molecule has 0 saturated carbocycles.